The lowest BCUT2D eigenvalue weighted by molar-refractivity contribution is -0.286. The maximum Gasteiger partial charge on any atom is 0.174 e. The van der Waals surface area contributed by atoms with Gasteiger partial charge in [0.25, 0.3) is 0 Å². The first kappa shape index (κ1) is 17.2. The minimum absolute atomic E-state index is 0.0924. The summed E-state index contributed by atoms with van der Waals surface area (Å²) in [4.78, 5) is 0. The van der Waals surface area contributed by atoms with Crippen molar-refractivity contribution < 1.29 is 14.2 Å². The van der Waals surface area contributed by atoms with Crippen molar-refractivity contribution in [3.63, 3.8) is 0 Å². The summed E-state index contributed by atoms with van der Waals surface area (Å²) in [5.41, 5.74) is 2.50. The number of ether oxygens (including phenoxy) is 3. The molecule has 2 aromatic rings. The van der Waals surface area contributed by atoms with Gasteiger partial charge in [0.2, 0.25) is 0 Å². The SMILES string of the molecule is CO[C@@H]1C[C@@H](Cc2ccccc2)OC(Cc2ccccc2)(OC)C1. The molecule has 2 aromatic carbocycles. The summed E-state index contributed by atoms with van der Waals surface area (Å²) < 4.78 is 18.0. The minimum Gasteiger partial charge on any atom is -0.381 e. The van der Waals surface area contributed by atoms with Crippen molar-refractivity contribution in [3.8, 4) is 0 Å². The van der Waals surface area contributed by atoms with Crippen LogP contribution in [0, 0.1) is 0 Å². The second kappa shape index (κ2) is 7.93. The van der Waals surface area contributed by atoms with E-state index in [2.05, 4.69) is 48.5 Å². The Bertz CT molecular complexity index is 613. The Morgan fingerprint density at radius 1 is 0.958 bits per heavy atom. The lowest BCUT2D eigenvalue weighted by atomic mass is 9.90. The van der Waals surface area contributed by atoms with E-state index in [1.165, 1.54) is 11.1 Å². The van der Waals surface area contributed by atoms with Gasteiger partial charge in [-0.05, 0) is 17.5 Å². The highest BCUT2D eigenvalue weighted by atomic mass is 16.7. The maximum absolute atomic E-state index is 6.46. The highest BCUT2D eigenvalue weighted by molar-refractivity contribution is 5.18. The molecule has 0 N–H and O–H groups in total. The van der Waals surface area contributed by atoms with E-state index in [1.54, 1.807) is 14.2 Å². The van der Waals surface area contributed by atoms with Crippen LogP contribution in [0.5, 0.6) is 0 Å². The van der Waals surface area contributed by atoms with E-state index in [1.807, 2.05) is 12.1 Å². The molecule has 0 aromatic heterocycles. The molecule has 3 rings (SSSR count). The number of rotatable bonds is 6. The summed E-state index contributed by atoms with van der Waals surface area (Å²) >= 11 is 0. The maximum atomic E-state index is 6.46. The second-order valence-corrected chi connectivity index (χ2v) is 6.50. The zero-order valence-corrected chi connectivity index (χ0v) is 14.5. The third kappa shape index (κ3) is 4.23. The van der Waals surface area contributed by atoms with Crippen LogP contribution in [-0.4, -0.2) is 32.2 Å². The normalized spacial score (nSPS) is 27.1. The monoisotopic (exact) mass is 326 g/mol. The largest absolute Gasteiger partial charge is 0.381 e. The highest BCUT2D eigenvalue weighted by Crippen LogP contribution is 2.35. The Morgan fingerprint density at radius 3 is 2.17 bits per heavy atom. The third-order valence-electron chi connectivity index (χ3n) is 4.77. The average Bonchev–Trinajstić information content (AvgIpc) is 2.63. The summed E-state index contributed by atoms with van der Waals surface area (Å²) in [6, 6.07) is 20.8. The molecule has 1 aliphatic heterocycles. The van der Waals surface area contributed by atoms with E-state index in [-0.39, 0.29) is 12.2 Å². The van der Waals surface area contributed by atoms with Crippen LogP contribution < -0.4 is 0 Å². The molecule has 1 aliphatic rings. The predicted molar refractivity (Wildman–Crippen MR) is 94.9 cm³/mol. The lowest BCUT2D eigenvalue weighted by Gasteiger charge is -2.43. The molecular weight excluding hydrogens is 300 g/mol. The Hall–Kier alpha value is -1.68. The second-order valence-electron chi connectivity index (χ2n) is 6.50. The van der Waals surface area contributed by atoms with E-state index in [0.717, 1.165) is 25.7 Å². The quantitative estimate of drug-likeness (QED) is 0.803. The van der Waals surface area contributed by atoms with Crippen molar-refractivity contribution >= 4 is 0 Å². The van der Waals surface area contributed by atoms with Crippen LogP contribution in [0.3, 0.4) is 0 Å². The molecule has 0 spiro atoms. The van der Waals surface area contributed by atoms with Crippen LogP contribution in [-0.2, 0) is 27.1 Å². The molecule has 1 fully saturated rings. The van der Waals surface area contributed by atoms with Gasteiger partial charge in [-0.15, -0.1) is 0 Å². The fourth-order valence-corrected chi connectivity index (χ4v) is 3.53. The van der Waals surface area contributed by atoms with E-state index < -0.39 is 5.79 Å². The standard InChI is InChI=1S/C21H26O3/c1-22-20-14-19(13-17-9-5-3-6-10-17)24-21(16-20,23-2)15-18-11-7-4-8-12-18/h3-12,19-20H,13-16H2,1-2H3/t19-,20-,21?/m1/s1. The van der Waals surface area contributed by atoms with Gasteiger partial charge in [-0.3, -0.25) is 0 Å². The van der Waals surface area contributed by atoms with Crippen molar-refractivity contribution in [2.24, 2.45) is 0 Å². The number of hydrogen-bond acceptors (Lipinski definition) is 3. The van der Waals surface area contributed by atoms with Gasteiger partial charge in [0.1, 0.15) is 0 Å². The summed E-state index contributed by atoms with van der Waals surface area (Å²) in [6.45, 7) is 0. The average molecular weight is 326 g/mol. The molecule has 1 heterocycles. The highest BCUT2D eigenvalue weighted by Gasteiger charge is 2.42. The summed E-state index contributed by atoms with van der Waals surface area (Å²) in [5.74, 6) is -0.625. The predicted octanol–water partition coefficient (Wildman–Crippen LogP) is 4.01. The molecule has 0 bridgehead atoms. The third-order valence-corrected chi connectivity index (χ3v) is 4.77. The lowest BCUT2D eigenvalue weighted by Crippen LogP contribution is -2.50. The van der Waals surface area contributed by atoms with Crippen molar-refractivity contribution in [3.05, 3.63) is 71.8 Å². The molecular formula is C21H26O3. The first-order chi connectivity index (χ1) is 11.7. The van der Waals surface area contributed by atoms with E-state index in [0.29, 0.717) is 0 Å². The zero-order chi connectivity index (χ0) is 16.8. The van der Waals surface area contributed by atoms with Crippen LogP contribution in [0.15, 0.2) is 60.7 Å². The van der Waals surface area contributed by atoms with E-state index in [9.17, 15) is 0 Å². The van der Waals surface area contributed by atoms with Gasteiger partial charge in [-0.1, -0.05) is 60.7 Å². The topological polar surface area (TPSA) is 27.7 Å². The van der Waals surface area contributed by atoms with Crippen molar-refractivity contribution in [2.45, 2.75) is 43.7 Å². The molecule has 0 amide bonds. The Labute approximate surface area is 144 Å². The van der Waals surface area contributed by atoms with E-state index >= 15 is 0 Å². The number of benzene rings is 2. The summed E-state index contributed by atoms with van der Waals surface area (Å²) in [6.07, 6.45) is 3.49. The van der Waals surface area contributed by atoms with Crippen molar-refractivity contribution in [1.29, 1.82) is 0 Å². The van der Waals surface area contributed by atoms with E-state index in [4.69, 9.17) is 14.2 Å². The van der Waals surface area contributed by atoms with Crippen LogP contribution in [0.1, 0.15) is 24.0 Å². The molecule has 128 valence electrons. The van der Waals surface area contributed by atoms with Gasteiger partial charge in [0.05, 0.1) is 12.2 Å². The smallest absolute Gasteiger partial charge is 0.174 e. The fourth-order valence-electron chi connectivity index (χ4n) is 3.53. The van der Waals surface area contributed by atoms with Crippen LogP contribution >= 0.6 is 0 Å². The molecule has 3 nitrogen and oxygen atoms in total. The number of hydrogen-bond donors (Lipinski definition) is 0. The van der Waals surface area contributed by atoms with Gasteiger partial charge in [-0.2, -0.15) is 0 Å². The van der Waals surface area contributed by atoms with Gasteiger partial charge in [-0.25, -0.2) is 0 Å². The molecule has 0 aliphatic carbocycles. The molecule has 24 heavy (non-hydrogen) atoms. The molecule has 1 saturated heterocycles. The van der Waals surface area contributed by atoms with Crippen molar-refractivity contribution in [1.82, 2.24) is 0 Å². The molecule has 3 heteroatoms. The first-order valence-corrected chi connectivity index (χ1v) is 8.56. The Morgan fingerprint density at radius 2 is 1.58 bits per heavy atom. The first-order valence-electron chi connectivity index (χ1n) is 8.56. The minimum atomic E-state index is -0.625. The molecule has 0 radical (unpaired) electrons. The molecule has 1 unspecified atom stereocenters. The zero-order valence-electron chi connectivity index (χ0n) is 14.5. The Kier molecular flexibility index (Phi) is 5.67. The Balaban J connectivity index is 1.77. The molecule has 3 atom stereocenters. The van der Waals surface area contributed by atoms with Crippen LogP contribution in [0.25, 0.3) is 0 Å². The van der Waals surface area contributed by atoms with Gasteiger partial charge < -0.3 is 14.2 Å². The van der Waals surface area contributed by atoms with Crippen LogP contribution in [0.4, 0.5) is 0 Å². The van der Waals surface area contributed by atoms with Gasteiger partial charge >= 0.3 is 0 Å². The fraction of sp³-hybridized carbons (Fsp3) is 0.429. The van der Waals surface area contributed by atoms with Gasteiger partial charge in [0, 0.05) is 33.5 Å². The molecule has 0 saturated carbocycles. The van der Waals surface area contributed by atoms with Crippen LogP contribution in [0.2, 0.25) is 0 Å². The summed E-state index contributed by atoms with van der Waals surface area (Å²) in [5, 5.41) is 0. The number of methoxy groups -OCH3 is 2. The van der Waals surface area contributed by atoms with Crippen molar-refractivity contribution in [2.75, 3.05) is 14.2 Å². The van der Waals surface area contributed by atoms with Gasteiger partial charge in [0.15, 0.2) is 5.79 Å². The summed E-state index contributed by atoms with van der Waals surface area (Å²) in [7, 11) is 3.51.